The van der Waals surface area contributed by atoms with Crippen LogP contribution in [0.1, 0.15) is 78.4 Å². The van der Waals surface area contributed by atoms with Gasteiger partial charge in [-0.3, -0.25) is 14.3 Å². The summed E-state index contributed by atoms with van der Waals surface area (Å²) in [5.74, 6) is 1.11. The van der Waals surface area contributed by atoms with Crippen LogP contribution in [0.15, 0.2) is 23.4 Å². The zero-order chi connectivity index (χ0) is 22.8. The van der Waals surface area contributed by atoms with Crippen LogP contribution in [0.4, 0.5) is 0 Å². The van der Waals surface area contributed by atoms with Crippen LogP contribution in [-0.4, -0.2) is 43.2 Å². The Morgan fingerprint density at radius 2 is 1.65 bits per heavy atom. The van der Waals surface area contributed by atoms with Crippen molar-refractivity contribution in [1.29, 1.82) is 0 Å². The maximum absolute atomic E-state index is 10.7. The quantitative estimate of drug-likeness (QED) is 0.568. The van der Waals surface area contributed by atoms with E-state index in [1.54, 1.807) is 11.8 Å². The van der Waals surface area contributed by atoms with Crippen LogP contribution in [0.3, 0.4) is 0 Å². The van der Waals surface area contributed by atoms with Crippen LogP contribution in [-0.2, 0) is 22.3 Å². The minimum absolute atomic E-state index is 0.0531. The number of thioether (sulfide) groups is 1. The fourth-order valence-electron chi connectivity index (χ4n) is 3.67. The third-order valence-electron chi connectivity index (χ3n) is 5.72. The van der Waals surface area contributed by atoms with Gasteiger partial charge >= 0.3 is 5.97 Å². The zero-order valence-electron chi connectivity index (χ0n) is 19.7. The number of benzene rings is 1. The average molecular weight is 445 g/mol. The Labute approximate surface area is 190 Å². The molecule has 0 spiro atoms. The Hall–Kier alpha value is -1.86. The number of hydrogen-bond donors (Lipinski definition) is 1. The molecule has 0 amide bonds. The van der Waals surface area contributed by atoms with Gasteiger partial charge < -0.3 is 5.11 Å². The molecule has 2 aromatic rings. The van der Waals surface area contributed by atoms with Crippen molar-refractivity contribution < 1.29 is 9.90 Å². The highest BCUT2D eigenvalue weighted by Crippen LogP contribution is 2.35. The van der Waals surface area contributed by atoms with Crippen LogP contribution < -0.4 is 0 Å². The summed E-state index contributed by atoms with van der Waals surface area (Å²) < 4.78 is 2.22. The van der Waals surface area contributed by atoms with E-state index in [1.807, 2.05) is 0 Å². The lowest BCUT2D eigenvalue weighted by Gasteiger charge is -2.29. The van der Waals surface area contributed by atoms with Crippen molar-refractivity contribution in [3.05, 3.63) is 29.3 Å². The van der Waals surface area contributed by atoms with E-state index in [-0.39, 0.29) is 17.3 Å². The number of fused-ring (bicyclic) bond motifs is 1. The van der Waals surface area contributed by atoms with Gasteiger partial charge in [-0.1, -0.05) is 65.8 Å². The van der Waals surface area contributed by atoms with Gasteiger partial charge in [0.15, 0.2) is 11.0 Å². The maximum atomic E-state index is 10.7. The van der Waals surface area contributed by atoms with E-state index in [0.29, 0.717) is 0 Å². The molecule has 1 aliphatic heterocycles. The van der Waals surface area contributed by atoms with E-state index >= 15 is 0 Å². The SMILES string of the molecule is CC(C)(C)c1cc(-c2nnc3n2CN(CCCCCC(=O)O)CS3)cc(C(C)(C)C)c1. The van der Waals surface area contributed by atoms with Crippen molar-refractivity contribution in [2.45, 2.75) is 89.9 Å². The van der Waals surface area contributed by atoms with Gasteiger partial charge in [-0.2, -0.15) is 0 Å². The molecule has 1 N–H and O–H groups in total. The molecule has 3 rings (SSSR count). The van der Waals surface area contributed by atoms with Gasteiger partial charge in [-0.05, 0) is 46.9 Å². The first-order valence-electron chi connectivity index (χ1n) is 11.1. The summed E-state index contributed by atoms with van der Waals surface area (Å²) in [4.78, 5) is 13.1. The summed E-state index contributed by atoms with van der Waals surface area (Å²) in [7, 11) is 0. The van der Waals surface area contributed by atoms with Crippen LogP contribution in [0.25, 0.3) is 11.4 Å². The maximum Gasteiger partial charge on any atom is 0.303 e. The molecule has 1 aliphatic rings. The number of carbonyl (C=O) groups is 1. The van der Waals surface area contributed by atoms with Gasteiger partial charge in [-0.15, -0.1) is 10.2 Å². The van der Waals surface area contributed by atoms with Gasteiger partial charge in [0.05, 0.1) is 12.5 Å². The summed E-state index contributed by atoms with van der Waals surface area (Å²) in [6.07, 6.45) is 2.95. The van der Waals surface area contributed by atoms with Crippen molar-refractivity contribution in [3.63, 3.8) is 0 Å². The van der Waals surface area contributed by atoms with Crippen LogP contribution in [0.2, 0.25) is 0 Å². The molecule has 6 nitrogen and oxygen atoms in total. The van der Waals surface area contributed by atoms with Crippen molar-refractivity contribution in [2.75, 3.05) is 12.4 Å². The van der Waals surface area contributed by atoms with Gasteiger partial charge in [0.25, 0.3) is 0 Å². The number of rotatable bonds is 7. The number of unbranched alkanes of at least 4 members (excludes halogenated alkanes) is 2. The zero-order valence-corrected chi connectivity index (χ0v) is 20.6. The van der Waals surface area contributed by atoms with E-state index in [0.717, 1.165) is 54.9 Å². The summed E-state index contributed by atoms with van der Waals surface area (Å²) >= 11 is 1.72. The van der Waals surface area contributed by atoms with Crippen LogP contribution >= 0.6 is 11.8 Å². The molecule has 0 bridgehead atoms. The van der Waals surface area contributed by atoms with Gasteiger partial charge in [0, 0.05) is 18.5 Å². The largest absolute Gasteiger partial charge is 0.481 e. The van der Waals surface area contributed by atoms with Crippen molar-refractivity contribution in [1.82, 2.24) is 19.7 Å². The fraction of sp³-hybridized carbons (Fsp3) is 0.625. The van der Waals surface area contributed by atoms with E-state index in [2.05, 4.69) is 79.4 Å². The Balaban J connectivity index is 1.82. The number of aliphatic carboxylic acids is 1. The number of hydrogen-bond acceptors (Lipinski definition) is 5. The summed E-state index contributed by atoms with van der Waals surface area (Å²) in [5, 5.41) is 18.8. The number of nitrogens with zero attached hydrogens (tertiary/aromatic N) is 4. The Bertz CT molecular complexity index is 892. The minimum Gasteiger partial charge on any atom is -0.481 e. The summed E-state index contributed by atoms with van der Waals surface area (Å²) in [6, 6.07) is 6.86. The molecule has 0 atom stereocenters. The fourth-order valence-corrected chi connectivity index (χ4v) is 4.58. The molecule has 0 radical (unpaired) electrons. The number of carboxylic acids is 1. The van der Waals surface area contributed by atoms with E-state index < -0.39 is 5.97 Å². The second-order valence-corrected chi connectivity index (χ2v) is 11.5. The summed E-state index contributed by atoms with van der Waals surface area (Å²) in [5.41, 5.74) is 3.85. The smallest absolute Gasteiger partial charge is 0.303 e. The molecule has 0 aliphatic carbocycles. The highest BCUT2D eigenvalue weighted by Gasteiger charge is 2.25. The summed E-state index contributed by atoms with van der Waals surface area (Å²) in [6.45, 7) is 15.2. The Kier molecular flexibility index (Phi) is 7.16. The van der Waals surface area contributed by atoms with E-state index in [4.69, 9.17) is 5.11 Å². The standard InChI is InChI=1S/C24H36N4O2S/c1-23(2,3)18-12-17(13-19(14-18)24(4,5)6)21-25-26-22-28(21)15-27(16-31-22)11-9-7-8-10-20(29)30/h12-14H,7-11,15-16H2,1-6H3,(H,29,30). The monoisotopic (exact) mass is 444 g/mol. The van der Waals surface area contributed by atoms with Crippen LogP contribution in [0, 0.1) is 0 Å². The lowest BCUT2D eigenvalue weighted by Crippen LogP contribution is -2.31. The first kappa shape index (κ1) is 23.8. The van der Waals surface area contributed by atoms with Gasteiger partial charge in [0.1, 0.15) is 0 Å². The second kappa shape index (κ2) is 9.33. The molecular weight excluding hydrogens is 408 g/mol. The predicted octanol–water partition coefficient (Wildman–Crippen LogP) is 5.51. The molecule has 7 heteroatoms. The normalized spacial score (nSPS) is 15.2. The molecule has 0 saturated heterocycles. The molecule has 31 heavy (non-hydrogen) atoms. The second-order valence-electron chi connectivity index (χ2n) is 10.5. The third-order valence-corrected chi connectivity index (χ3v) is 6.78. The highest BCUT2D eigenvalue weighted by atomic mass is 32.2. The lowest BCUT2D eigenvalue weighted by atomic mass is 9.79. The highest BCUT2D eigenvalue weighted by molar-refractivity contribution is 7.99. The molecule has 0 unspecified atom stereocenters. The predicted molar refractivity (Wildman–Crippen MR) is 126 cm³/mol. The molecule has 1 aromatic carbocycles. The molecule has 0 saturated carbocycles. The van der Waals surface area contributed by atoms with Crippen molar-refractivity contribution in [2.24, 2.45) is 0 Å². The molecule has 0 fully saturated rings. The lowest BCUT2D eigenvalue weighted by molar-refractivity contribution is -0.137. The van der Waals surface area contributed by atoms with E-state index in [9.17, 15) is 4.79 Å². The molecule has 1 aromatic heterocycles. The molecule has 2 heterocycles. The average Bonchev–Trinajstić information content (AvgIpc) is 3.09. The number of carboxylic acid groups (broad SMARTS) is 1. The van der Waals surface area contributed by atoms with Crippen molar-refractivity contribution in [3.8, 4) is 11.4 Å². The third kappa shape index (κ3) is 6.10. The molecule has 170 valence electrons. The Morgan fingerprint density at radius 1 is 1.00 bits per heavy atom. The van der Waals surface area contributed by atoms with Gasteiger partial charge in [0.2, 0.25) is 0 Å². The van der Waals surface area contributed by atoms with Crippen molar-refractivity contribution >= 4 is 17.7 Å². The Morgan fingerprint density at radius 3 is 2.23 bits per heavy atom. The van der Waals surface area contributed by atoms with Gasteiger partial charge in [-0.25, -0.2) is 0 Å². The topological polar surface area (TPSA) is 71.2 Å². The first-order valence-corrected chi connectivity index (χ1v) is 12.1. The number of aromatic nitrogens is 3. The molecular formula is C24H36N4O2S. The first-order chi connectivity index (χ1) is 14.4. The minimum atomic E-state index is -0.709. The van der Waals surface area contributed by atoms with Crippen LogP contribution in [0.5, 0.6) is 0 Å². The van der Waals surface area contributed by atoms with E-state index in [1.165, 1.54) is 11.1 Å².